The van der Waals surface area contributed by atoms with Crippen LogP contribution in [0.15, 0.2) is 18.2 Å². The van der Waals surface area contributed by atoms with Crippen molar-refractivity contribution in [3.8, 4) is 11.5 Å². The number of fused-ring (bicyclic) bond motifs is 1. The Kier molecular flexibility index (Phi) is 2.52. The number of aromatic amines is 1. The third-order valence-corrected chi connectivity index (χ3v) is 2.35. The van der Waals surface area contributed by atoms with Crippen LogP contribution in [0.1, 0.15) is 10.6 Å². The summed E-state index contributed by atoms with van der Waals surface area (Å²) in [6, 6.07) is 5.14. The van der Waals surface area contributed by atoms with Crippen LogP contribution in [0.3, 0.4) is 0 Å². The van der Waals surface area contributed by atoms with Crippen molar-refractivity contribution in [2.45, 2.75) is 0 Å². The van der Waals surface area contributed by atoms with Crippen molar-refractivity contribution in [2.24, 2.45) is 0 Å². The monoisotopic (exact) mass is 247 g/mol. The minimum Gasteiger partial charge on any atom is -0.486 e. The van der Waals surface area contributed by atoms with Gasteiger partial charge in [0.25, 0.3) is 11.7 Å². The molecule has 1 amide bonds. The molecule has 1 aromatic heterocycles. The van der Waals surface area contributed by atoms with Gasteiger partial charge in [-0.2, -0.15) is 5.21 Å². The second-order valence-electron chi connectivity index (χ2n) is 3.55. The highest BCUT2D eigenvalue weighted by Gasteiger charge is 2.15. The first-order chi connectivity index (χ1) is 8.83. The topological polar surface area (TPSA) is 102 Å². The van der Waals surface area contributed by atoms with E-state index in [4.69, 9.17) is 9.47 Å². The van der Waals surface area contributed by atoms with Crippen LogP contribution < -0.4 is 14.8 Å². The Morgan fingerprint density at radius 3 is 2.89 bits per heavy atom. The SMILES string of the molecule is O=C(Nc1ccc2c(c1)OCCO2)c1nn[nH]n1. The Bertz CT molecular complexity index is 569. The van der Waals surface area contributed by atoms with Crippen molar-refractivity contribution < 1.29 is 14.3 Å². The van der Waals surface area contributed by atoms with E-state index in [9.17, 15) is 4.79 Å². The van der Waals surface area contributed by atoms with E-state index in [1.165, 1.54) is 0 Å². The van der Waals surface area contributed by atoms with Gasteiger partial charge in [0.1, 0.15) is 13.2 Å². The maximum Gasteiger partial charge on any atom is 0.297 e. The summed E-state index contributed by atoms with van der Waals surface area (Å²) in [7, 11) is 0. The summed E-state index contributed by atoms with van der Waals surface area (Å²) < 4.78 is 10.8. The molecule has 1 aromatic carbocycles. The second-order valence-corrected chi connectivity index (χ2v) is 3.55. The van der Waals surface area contributed by atoms with E-state index < -0.39 is 5.91 Å². The maximum absolute atomic E-state index is 11.7. The Morgan fingerprint density at radius 1 is 1.28 bits per heavy atom. The zero-order valence-corrected chi connectivity index (χ0v) is 9.21. The molecule has 0 spiro atoms. The summed E-state index contributed by atoms with van der Waals surface area (Å²) in [5.74, 6) is 0.802. The molecule has 2 N–H and O–H groups in total. The van der Waals surface area contributed by atoms with Crippen molar-refractivity contribution in [2.75, 3.05) is 18.5 Å². The average Bonchev–Trinajstić information content (AvgIpc) is 2.92. The maximum atomic E-state index is 11.7. The molecule has 8 nitrogen and oxygen atoms in total. The van der Waals surface area contributed by atoms with Gasteiger partial charge in [0, 0.05) is 11.8 Å². The number of carbonyl (C=O) groups is 1. The van der Waals surface area contributed by atoms with E-state index in [0.717, 1.165) is 0 Å². The number of hydrogen-bond acceptors (Lipinski definition) is 6. The molecular weight excluding hydrogens is 238 g/mol. The van der Waals surface area contributed by atoms with Crippen molar-refractivity contribution in [1.82, 2.24) is 20.6 Å². The first-order valence-corrected chi connectivity index (χ1v) is 5.27. The lowest BCUT2D eigenvalue weighted by molar-refractivity contribution is 0.101. The highest BCUT2D eigenvalue weighted by atomic mass is 16.6. The molecule has 8 heteroatoms. The minimum atomic E-state index is -0.444. The Morgan fingerprint density at radius 2 is 2.11 bits per heavy atom. The predicted molar refractivity (Wildman–Crippen MR) is 59.6 cm³/mol. The number of nitrogens with zero attached hydrogens (tertiary/aromatic N) is 3. The third kappa shape index (κ3) is 1.95. The lowest BCUT2D eigenvalue weighted by Crippen LogP contribution is -2.17. The molecule has 0 bridgehead atoms. The van der Waals surface area contributed by atoms with Gasteiger partial charge in [-0.15, -0.1) is 10.2 Å². The zero-order valence-electron chi connectivity index (χ0n) is 9.21. The van der Waals surface area contributed by atoms with E-state index in [2.05, 4.69) is 25.9 Å². The van der Waals surface area contributed by atoms with Gasteiger partial charge in [0.05, 0.1) is 0 Å². The van der Waals surface area contributed by atoms with Crippen molar-refractivity contribution >= 4 is 11.6 Å². The van der Waals surface area contributed by atoms with E-state index in [1.807, 2.05) is 0 Å². The molecule has 0 radical (unpaired) electrons. The highest BCUT2D eigenvalue weighted by Crippen LogP contribution is 2.32. The van der Waals surface area contributed by atoms with Gasteiger partial charge in [-0.25, -0.2) is 0 Å². The van der Waals surface area contributed by atoms with Crippen LogP contribution >= 0.6 is 0 Å². The summed E-state index contributed by atoms with van der Waals surface area (Å²) >= 11 is 0. The third-order valence-electron chi connectivity index (χ3n) is 2.35. The summed E-state index contributed by atoms with van der Waals surface area (Å²) in [5.41, 5.74) is 0.578. The molecule has 2 aromatic rings. The molecule has 1 aliphatic heterocycles. The minimum absolute atomic E-state index is 0.0233. The number of tetrazole rings is 1. The Labute approximate surface area is 101 Å². The molecule has 0 saturated carbocycles. The summed E-state index contributed by atoms with van der Waals surface area (Å²) in [6.45, 7) is 1.02. The normalized spacial score (nSPS) is 13.1. The van der Waals surface area contributed by atoms with E-state index in [-0.39, 0.29) is 5.82 Å². The van der Waals surface area contributed by atoms with E-state index in [1.54, 1.807) is 18.2 Å². The van der Waals surface area contributed by atoms with Gasteiger partial charge in [-0.3, -0.25) is 4.79 Å². The number of benzene rings is 1. The Hall–Kier alpha value is -2.64. The molecule has 0 saturated heterocycles. The molecule has 18 heavy (non-hydrogen) atoms. The van der Waals surface area contributed by atoms with E-state index >= 15 is 0 Å². The smallest absolute Gasteiger partial charge is 0.297 e. The number of ether oxygens (including phenoxy) is 2. The molecule has 0 fully saturated rings. The van der Waals surface area contributed by atoms with Gasteiger partial charge in [-0.1, -0.05) is 0 Å². The average molecular weight is 247 g/mol. The van der Waals surface area contributed by atoms with Crippen LogP contribution in [0, 0.1) is 0 Å². The van der Waals surface area contributed by atoms with Crippen molar-refractivity contribution in [3.05, 3.63) is 24.0 Å². The number of amides is 1. The van der Waals surface area contributed by atoms with Gasteiger partial charge < -0.3 is 14.8 Å². The number of anilines is 1. The fourth-order valence-electron chi connectivity index (χ4n) is 1.57. The largest absolute Gasteiger partial charge is 0.486 e. The molecular formula is C10H9N5O3. The van der Waals surface area contributed by atoms with Gasteiger partial charge in [0.15, 0.2) is 11.5 Å². The van der Waals surface area contributed by atoms with Crippen LogP contribution in [0.5, 0.6) is 11.5 Å². The lowest BCUT2D eigenvalue weighted by atomic mass is 10.2. The van der Waals surface area contributed by atoms with Gasteiger partial charge >= 0.3 is 0 Å². The number of aromatic nitrogens is 4. The molecule has 0 unspecified atom stereocenters. The first-order valence-electron chi connectivity index (χ1n) is 5.27. The Balaban J connectivity index is 1.79. The quantitative estimate of drug-likeness (QED) is 0.787. The van der Waals surface area contributed by atoms with Gasteiger partial charge in [0.2, 0.25) is 0 Å². The standard InChI is InChI=1S/C10H9N5O3/c16-10(9-12-14-15-13-9)11-6-1-2-7-8(5-6)18-4-3-17-7/h1-2,5H,3-4H2,(H,11,16)(H,12,13,14,15). The second kappa shape index (κ2) is 4.32. The van der Waals surface area contributed by atoms with Crippen LogP contribution in [-0.4, -0.2) is 39.7 Å². The van der Waals surface area contributed by atoms with Crippen LogP contribution in [0.4, 0.5) is 5.69 Å². The fourth-order valence-corrected chi connectivity index (χ4v) is 1.57. The van der Waals surface area contributed by atoms with Crippen molar-refractivity contribution in [1.29, 1.82) is 0 Å². The zero-order chi connectivity index (χ0) is 12.4. The summed E-state index contributed by atoms with van der Waals surface area (Å²) in [5, 5.41) is 15.3. The summed E-state index contributed by atoms with van der Waals surface area (Å²) in [4.78, 5) is 11.7. The van der Waals surface area contributed by atoms with Crippen molar-refractivity contribution in [3.63, 3.8) is 0 Å². The molecule has 0 atom stereocenters. The molecule has 0 aliphatic carbocycles. The predicted octanol–water partition coefficient (Wildman–Crippen LogP) is 0.223. The molecule has 2 heterocycles. The van der Waals surface area contributed by atoms with Gasteiger partial charge in [-0.05, 0) is 17.3 Å². The number of rotatable bonds is 2. The lowest BCUT2D eigenvalue weighted by Gasteiger charge is -2.18. The number of carbonyl (C=O) groups excluding carboxylic acids is 1. The molecule has 3 rings (SSSR count). The summed E-state index contributed by atoms with van der Waals surface area (Å²) in [6.07, 6.45) is 0. The van der Waals surface area contributed by atoms with E-state index in [0.29, 0.717) is 30.4 Å². The van der Waals surface area contributed by atoms with Crippen LogP contribution in [0.2, 0.25) is 0 Å². The van der Waals surface area contributed by atoms with Crippen LogP contribution in [-0.2, 0) is 0 Å². The fraction of sp³-hybridized carbons (Fsp3) is 0.200. The number of nitrogens with one attached hydrogen (secondary N) is 2. The highest BCUT2D eigenvalue weighted by molar-refractivity contribution is 6.01. The number of H-pyrrole nitrogens is 1. The first kappa shape index (κ1) is 10.5. The van der Waals surface area contributed by atoms with Crippen LogP contribution in [0.25, 0.3) is 0 Å². The molecule has 92 valence electrons. The molecule has 1 aliphatic rings. The number of hydrogen-bond donors (Lipinski definition) is 2.